The molecule has 0 heterocycles. The Hall–Kier alpha value is -1.10. The summed E-state index contributed by atoms with van der Waals surface area (Å²) in [7, 11) is 0. The molecule has 5 nitrogen and oxygen atoms in total. The zero-order valence-corrected chi connectivity index (χ0v) is 7.17. The van der Waals surface area contributed by atoms with Gasteiger partial charge < -0.3 is 16.4 Å². The number of carbonyl (C=O) groups excluding carboxylic acids is 2. The molecule has 0 bridgehead atoms. The molecule has 0 saturated heterocycles. The van der Waals surface area contributed by atoms with Gasteiger partial charge in [-0.15, -0.1) is 0 Å². The fraction of sp³-hybridized carbons (Fsp3) is 0.714. The molecular formula is C7H15N3O2. The van der Waals surface area contributed by atoms with Crippen LogP contribution >= 0.6 is 0 Å². The van der Waals surface area contributed by atoms with Gasteiger partial charge in [-0.2, -0.15) is 0 Å². The monoisotopic (exact) mass is 173 g/mol. The van der Waals surface area contributed by atoms with E-state index in [0.29, 0.717) is 13.0 Å². The van der Waals surface area contributed by atoms with E-state index < -0.39 is 0 Å². The second-order valence-electron chi connectivity index (χ2n) is 2.54. The van der Waals surface area contributed by atoms with Crippen molar-refractivity contribution in [2.24, 2.45) is 5.73 Å². The second kappa shape index (κ2) is 6.60. The molecule has 4 N–H and O–H groups in total. The first-order valence-corrected chi connectivity index (χ1v) is 3.87. The molecule has 0 aromatic heterocycles. The van der Waals surface area contributed by atoms with Crippen LogP contribution in [0.1, 0.15) is 13.3 Å². The van der Waals surface area contributed by atoms with Crippen molar-refractivity contribution in [2.45, 2.75) is 19.4 Å². The third kappa shape index (κ3) is 5.67. The summed E-state index contributed by atoms with van der Waals surface area (Å²) in [4.78, 5) is 20.7. The minimum absolute atomic E-state index is 0.0262. The molecule has 0 radical (unpaired) electrons. The first kappa shape index (κ1) is 10.9. The Bertz CT molecular complexity index is 150. The van der Waals surface area contributed by atoms with E-state index in [1.807, 2.05) is 6.92 Å². The van der Waals surface area contributed by atoms with Crippen LogP contribution in [0.4, 0.5) is 0 Å². The zero-order chi connectivity index (χ0) is 9.40. The fourth-order valence-corrected chi connectivity index (χ4v) is 0.782. The minimum atomic E-state index is -0.192. The highest BCUT2D eigenvalue weighted by Gasteiger charge is 2.04. The maximum absolute atomic E-state index is 10.9. The summed E-state index contributed by atoms with van der Waals surface area (Å²) in [6, 6.07) is 0.0657. The molecule has 0 aliphatic rings. The molecule has 0 fully saturated rings. The fourth-order valence-electron chi connectivity index (χ4n) is 0.782. The number of hydrogen-bond donors (Lipinski definition) is 3. The van der Waals surface area contributed by atoms with Gasteiger partial charge in [0.2, 0.25) is 12.3 Å². The molecule has 70 valence electrons. The molecule has 1 unspecified atom stereocenters. The Morgan fingerprint density at radius 3 is 2.83 bits per heavy atom. The Kier molecular flexibility index (Phi) is 6.00. The highest BCUT2D eigenvalue weighted by molar-refractivity contribution is 5.79. The van der Waals surface area contributed by atoms with Crippen LogP contribution in [0.2, 0.25) is 0 Å². The number of rotatable bonds is 6. The van der Waals surface area contributed by atoms with Crippen molar-refractivity contribution >= 4 is 12.3 Å². The Morgan fingerprint density at radius 2 is 2.33 bits per heavy atom. The minimum Gasteiger partial charge on any atom is -0.352 e. The summed E-state index contributed by atoms with van der Waals surface area (Å²) in [5, 5.41) is 4.95. The predicted molar refractivity (Wildman–Crippen MR) is 45.3 cm³/mol. The van der Waals surface area contributed by atoms with Gasteiger partial charge in [-0.1, -0.05) is 0 Å². The SMILES string of the molecule is CC(CCN)NC(=O)CNC=O. The lowest BCUT2D eigenvalue weighted by Crippen LogP contribution is -2.39. The lowest BCUT2D eigenvalue weighted by Gasteiger charge is -2.11. The first-order chi connectivity index (χ1) is 5.70. The van der Waals surface area contributed by atoms with Gasteiger partial charge in [-0.25, -0.2) is 0 Å². The molecule has 1 atom stereocenters. The summed E-state index contributed by atoms with van der Waals surface area (Å²) in [5.74, 6) is -0.192. The molecule has 0 aliphatic heterocycles. The third-order valence-corrected chi connectivity index (χ3v) is 1.35. The third-order valence-electron chi connectivity index (χ3n) is 1.35. The van der Waals surface area contributed by atoms with Gasteiger partial charge in [-0.05, 0) is 19.9 Å². The number of nitrogens with one attached hydrogen (secondary N) is 2. The van der Waals surface area contributed by atoms with Gasteiger partial charge in [0.05, 0.1) is 6.54 Å². The smallest absolute Gasteiger partial charge is 0.239 e. The molecule has 12 heavy (non-hydrogen) atoms. The quantitative estimate of drug-likeness (QED) is 0.431. The summed E-state index contributed by atoms with van der Waals surface area (Å²) >= 11 is 0. The summed E-state index contributed by atoms with van der Waals surface area (Å²) in [6.07, 6.45) is 1.24. The molecule has 5 heteroatoms. The second-order valence-corrected chi connectivity index (χ2v) is 2.54. The Morgan fingerprint density at radius 1 is 1.67 bits per heavy atom. The standard InChI is InChI=1S/C7H15N3O2/c1-6(2-3-8)10-7(12)4-9-5-11/h5-6H,2-4,8H2,1H3,(H,9,11)(H,10,12). The highest BCUT2D eigenvalue weighted by atomic mass is 16.2. The van der Waals surface area contributed by atoms with E-state index in [1.54, 1.807) is 0 Å². The maximum Gasteiger partial charge on any atom is 0.239 e. The number of hydrogen-bond acceptors (Lipinski definition) is 3. The number of amides is 2. The highest BCUT2D eigenvalue weighted by Crippen LogP contribution is 1.85. The lowest BCUT2D eigenvalue weighted by molar-refractivity contribution is -0.122. The van der Waals surface area contributed by atoms with Crippen LogP contribution in [0.25, 0.3) is 0 Å². The van der Waals surface area contributed by atoms with Crippen molar-refractivity contribution in [3.05, 3.63) is 0 Å². The molecule has 0 aromatic carbocycles. The van der Waals surface area contributed by atoms with Crippen molar-refractivity contribution in [1.82, 2.24) is 10.6 Å². The van der Waals surface area contributed by atoms with Crippen LogP contribution < -0.4 is 16.4 Å². The summed E-state index contributed by atoms with van der Waals surface area (Å²) in [6.45, 7) is 2.44. The van der Waals surface area contributed by atoms with E-state index in [4.69, 9.17) is 5.73 Å². The van der Waals surface area contributed by atoms with Gasteiger partial charge in [0, 0.05) is 6.04 Å². The zero-order valence-electron chi connectivity index (χ0n) is 7.17. The Balaban J connectivity index is 3.46. The average Bonchev–Trinajstić information content (AvgIpc) is 2.01. The van der Waals surface area contributed by atoms with Gasteiger partial charge in [0.25, 0.3) is 0 Å². The largest absolute Gasteiger partial charge is 0.352 e. The van der Waals surface area contributed by atoms with E-state index in [0.717, 1.165) is 6.42 Å². The van der Waals surface area contributed by atoms with Crippen LogP contribution in [-0.4, -0.2) is 31.4 Å². The van der Waals surface area contributed by atoms with Gasteiger partial charge in [0.1, 0.15) is 0 Å². The van der Waals surface area contributed by atoms with Crippen molar-refractivity contribution in [2.75, 3.05) is 13.1 Å². The van der Waals surface area contributed by atoms with Crippen molar-refractivity contribution < 1.29 is 9.59 Å². The van der Waals surface area contributed by atoms with Gasteiger partial charge in [0.15, 0.2) is 0 Å². The Labute approximate surface area is 71.7 Å². The normalized spacial score (nSPS) is 11.8. The molecule has 2 amide bonds. The van der Waals surface area contributed by atoms with Crippen LogP contribution in [0.15, 0.2) is 0 Å². The van der Waals surface area contributed by atoms with Crippen LogP contribution in [0.3, 0.4) is 0 Å². The van der Waals surface area contributed by atoms with Gasteiger partial charge in [-0.3, -0.25) is 9.59 Å². The van der Waals surface area contributed by atoms with Crippen LogP contribution in [0.5, 0.6) is 0 Å². The molecule has 0 spiro atoms. The lowest BCUT2D eigenvalue weighted by atomic mass is 10.2. The number of nitrogens with two attached hydrogens (primary N) is 1. The molecule has 0 rings (SSSR count). The molecular weight excluding hydrogens is 158 g/mol. The van der Waals surface area contributed by atoms with Crippen LogP contribution in [-0.2, 0) is 9.59 Å². The van der Waals surface area contributed by atoms with E-state index in [1.165, 1.54) is 0 Å². The van der Waals surface area contributed by atoms with Crippen LogP contribution in [0, 0.1) is 0 Å². The first-order valence-electron chi connectivity index (χ1n) is 3.87. The summed E-state index contributed by atoms with van der Waals surface area (Å²) < 4.78 is 0. The molecule has 0 saturated carbocycles. The van der Waals surface area contributed by atoms with Crippen molar-refractivity contribution in [3.8, 4) is 0 Å². The topological polar surface area (TPSA) is 84.2 Å². The average molecular weight is 173 g/mol. The predicted octanol–water partition coefficient (Wildman–Crippen LogP) is -1.41. The van der Waals surface area contributed by atoms with Crippen molar-refractivity contribution in [3.63, 3.8) is 0 Å². The molecule has 0 aromatic rings. The van der Waals surface area contributed by atoms with E-state index in [9.17, 15) is 9.59 Å². The van der Waals surface area contributed by atoms with Gasteiger partial charge >= 0.3 is 0 Å². The molecule has 0 aliphatic carbocycles. The van der Waals surface area contributed by atoms with E-state index in [2.05, 4.69) is 10.6 Å². The van der Waals surface area contributed by atoms with E-state index in [-0.39, 0.29) is 18.5 Å². The summed E-state index contributed by atoms with van der Waals surface area (Å²) in [5.41, 5.74) is 5.28. The number of carbonyl (C=O) groups is 2. The van der Waals surface area contributed by atoms with Crippen molar-refractivity contribution in [1.29, 1.82) is 0 Å². The maximum atomic E-state index is 10.9. The van der Waals surface area contributed by atoms with E-state index >= 15 is 0 Å².